The van der Waals surface area contributed by atoms with Crippen LogP contribution in [0.1, 0.15) is 21.5 Å². The fraction of sp³-hybridized carbons (Fsp3) is 0.0345. The first-order valence-corrected chi connectivity index (χ1v) is 12.8. The molecule has 36 heavy (non-hydrogen) atoms. The number of sulfonamides is 1. The quantitative estimate of drug-likeness (QED) is 0.176. The van der Waals surface area contributed by atoms with Gasteiger partial charge in [0.15, 0.2) is 0 Å². The van der Waals surface area contributed by atoms with E-state index in [1.54, 1.807) is 54.7 Å². The molecule has 5 rings (SSSR count). The lowest BCUT2D eigenvalue weighted by Crippen LogP contribution is -2.18. The lowest BCUT2D eigenvalue weighted by Gasteiger charge is -2.09. The maximum Gasteiger partial charge on any atom is 0.271 e. The summed E-state index contributed by atoms with van der Waals surface area (Å²) >= 11 is 0. The average Bonchev–Trinajstić information content (AvgIpc) is 2.88. The van der Waals surface area contributed by atoms with Crippen molar-refractivity contribution in [1.29, 1.82) is 0 Å². The van der Waals surface area contributed by atoms with E-state index >= 15 is 0 Å². The molecule has 0 bridgehead atoms. The zero-order valence-corrected chi connectivity index (χ0v) is 20.3. The summed E-state index contributed by atoms with van der Waals surface area (Å²) in [6.07, 6.45) is 1.66. The molecular weight excluding hydrogens is 470 g/mol. The number of carbonyl (C=O) groups is 1. The molecule has 0 aliphatic rings. The van der Waals surface area contributed by atoms with Gasteiger partial charge in [-0.1, -0.05) is 66.2 Å². The Hall–Kier alpha value is -4.49. The van der Waals surface area contributed by atoms with Crippen molar-refractivity contribution in [2.24, 2.45) is 5.10 Å². The van der Waals surface area contributed by atoms with Crippen LogP contribution in [0.4, 0.5) is 5.69 Å². The summed E-state index contributed by atoms with van der Waals surface area (Å²) < 4.78 is 27.7. The molecule has 0 fully saturated rings. The molecule has 0 atom stereocenters. The number of nitrogens with zero attached hydrogens (tertiary/aromatic N) is 1. The van der Waals surface area contributed by atoms with E-state index in [-0.39, 0.29) is 4.90 Å². The number of hydrogen-bond acceptors (Lipinski definition) is 4. The van der Waals surface area contributed by atoms with Crippen LogP contribution in [-0.4, -0.2) is 20.5 Å². The number of anilines is 1. The highest BCUT2D eigenvalue weighted by Crippen LogP contribution is 2.27. The second kappa shape index (κ2) is 9.64. The normalized spacial score (nSPS) is 11.7. The van der Waals surface area contributed by atoms with Crippen LogP contribution in [0.5, 0.6) is 0 Å². The van der Waals surface area contributed by atoms with Crippen molar-refractivity contribution in [1.82, 2.24) is 5.43 Å². The summed E-state index contributed by atoms with van der Waals surface area (Å²) in [6, 6.07) is 31.0. The zero-order valence-electron chi connectivity index (χ0n) is 19.5. The molecule has 7 heteroatoms. The molecule has 1 amide bonds. The van der Waals surface area contributed by atoms with Crippen molar-refractivity contribution >= 4 is 49.4 Å². The average molecular weight is 494 g/mol. The van der Waals surface area contributed by atoms with Gasteiger partial charge in [0.25, 0.3) is 15.9 Å². The lowest BCUT2D eigenvalue weighted by molar-refractivity contribution is 0.0955. The Labute approximate surface area is 209 Å². The third-order valence-electron chi connectivity index (χ3n) is 5.90. The minimum Gasteiger partial charge on any atom is -0.280 e. The van der Waals surface area contributed by atoms with Crippen molar-refractivity contribution in [2.45, 2.75) is 11.8 Å². The highest BCUT2D eigenvalue weighted by molar-refractivity contribution is 7.92. The van der Waals surface area contributed by atoms with E-state index in [0.717, 1.165) is 32.7 Å². The maximum absolute atomic E-state index is 12.6. The standard InChI is InChI=1S/C29H23N3O3S/c1-20-10-16-25(17-11-20)36(34,35)32-24-14-12-21(13-15-24)29(33)31-30-19-28-26-8-4-2-6-22(26)18-23-7-3-5-9-27(23)28/h2-19,32H,1H3,(H,31,33). The fourth-order valence-corrected chi connectivity index (χ4v) is 5.09. The lowest BCUT2D eigenvalue weighted by atomic mass is 9.97. The van der Waals surface area contributed by atoms with Gasteiger partial charge < -0.3 is 0 Å². The van der Waals surface area contributed by atoms with Gasteiger partial charge in [-0.3, -0.25) is 9.52 Å². The number of rotatable bonds is 6. The van der Waals surface area contributed by atoms with Crippen LogP contribution < -0.4 is 10.1 Å². The molecule has 0 aliphatic carbocycles. The van der Waals surface area contributed by atoms with E-state index in [0.29, 0.717) is 11.3 Å². The van der Waals surface area contributed by atoms with E-state index in [1.807, 2.05) is 55.5 Å². The van der Waals surface area contributed by atoms with Crippen molar-refractivity contribution in [3.63, 3.8) is 0 Å². The molecule has 178 valence electrons. The van der Waals surface area contributed by atoms with Gasteiger partial charge in [-0.15, -0.1) is 0 Å². The summed E-state index contributed by atoms with van der Waals surface area (Å²) in [7, 11) is -3.72. The van der Waals surface area contributed by atoms with E-state index in [2.05, 4.69) is 21.3 Å². The van der Waals surface area contributed by atoms with E-state index < -0.39 is 15.9 Å². The molecule has 0 saturated heterocycles. The van der Waals surface area contributed by atoms with Gasteiger partial charge in [-0.05, 0) is 70.9 Å². The Bertz CT molecular complexity index is 1660. The maximum atomic E-state index is 12.6. The van der Waals surface area contributed by atoms with Crippen LogP contribution in [0.2, 0.25) is 0 Å². The van der Waals surface area contributed by atoms with E-state index in [9.17, 15) is 13.2 Å². The number of benzene rings is 5. The van der Waals surface area contributed by atoms with Crippen LogP contribution in [0.15, 0.2) is 113 Å². The zero-order chi connectivity index (χ0) is 25.1. The summed E-state index contributed by atoms with van der Waals surface area (Å²) in [5.74, 6) is -0.399. The molecule has 0 radical (unpaired) electrons. The molecule has 5 aromatic carbocycles. The molecule has 0 aromatic heterocycles. The Morgan fingerprint density at radius 3 is 1.97 bits per heavy atom. The third kappa shape index (κ3) is 4.82. The predicted molar refractivity (Wildman–Crippen MR) is 145 cm³/mol. The van der Waals surface area contributed by atoms with Crippen molar-refractivity contribution in [3.05, 3.63) is 120 Å². The number of hydrazone groups is 1. The molecule has 0 aliphatic heterocycles. The molecule has 2 N–H and O–H groups in total. The van der Waals surface area contributed by atoms with Gasteiger partial charge in [-0.2, -0.15) is 5.10 Å². The van der Waals surface area contributed by atoms with Crippen LogP contribution in [0.25, 0.3) is 21.5 Å². The second-order valence-corrected chi connectivity index (χ2v) is 10.1. The first kappa shape index (κ1) is 23.3. The number of aryl methyl sites for hydroxylation is 1. The van der Waals surface area contributed by atoms with Gasteiger partial charge in [0.2, 0.25) is 0 Å². The number of hydrogen-bond donors (Lipinski definition) is 2. The highest BCUT2D eigenvalue weighted by Gasteiger charge is 2.14. The van der Waals surface area contributed by atoms with Crippen molar-refractivity contribution < 1.29 is 13.2 Å². The third-order valence-corrected chi connectivity index (χ3v) is 7.30. The van der Waals surface area contributed by atoms with E-state index in [4.69, 9.17) is 0 Å². The Kier molecular flexibility index (Phi) is 6.23. The smallest absolute Gasteiger partial charge is 0.271 e. The summed E-state index contributed by atoms with van der Waals surface area (Å²) in [4.78, 5) is 12.8. The summed E-state index contributed by atoms with van der Waals surface area (Å²) in [5.41, 5.74) is 5.18. The number of carbonyl (C=O) groups excluding carboxylic acids is 1. The fourth-order valence-electron chi connectivity index (χ4n) is 4.03. The molecule has 6 nitrogen and oxygen atoms in total. The molecule has 0 saturated carbocycles. The minimum atomic E-state index is -3.72. The molecule has 0 unspecified atom stereocenters. The topological polar surface area (TPSA) is 87.6 Å². The predicted octanol–water partition coefficient (Wildman–Crippen LogP) is 5.87. The van der Waals surface area contributed by atoms with Crippen molar-refractivity contribution in [2.75, 3.05) is 4.72 Å². The summed E-state index contributed by atoms with van der Waals surface area (Å²) in [5, 5.41) is 8.47. The molecule has 0 spiro atoms. The first-order valence-electron chi connectivity index (χ1n) is 11.3. The summed E-state index contributed by atoms with van der Waals surface area (Å²) in [6.45, 7) is 1.89. The second-order valence-electron chi connectivity index (χ2n) is 8.43. The van der Waals surface area contributed by atoms with Gasteiger partial charge in [0.05, 0.1) is 11.1 Å². The number of fused-ring (bicyclic) bond motifs is 2. The van der Waals surface area contributed by atoms with Crippen LogP contribution in [0, 0.1) is 6.92 Å². The largest absolute Gasteiger partial charge is 0.280 e. The first-order chi connectivity index (χ1) is 17.4. The molecule has 0 heterocycles. The van der Waals surface area contributed by atoms with Gasteiger partial charge >= 0.3 is 0 Å². The van der Waals surface area contributed by atoms with Crippen LogP contribution >= 0.6 is 0 Å². The Balaban J connectivity index is 1.32. The van der Waals surface area contributed by atoms with Crippen LogP contribution in [0.3, 0.4) is 0 Å². The Morgan fingerprint density at radius 1 is 0.778 bits per heavy atom. The van der Waals surface area contributed by atoms with Crippen LogP contribution in [-0.2, 0) is 10.0 Å². The Morgan fingerprint density at radius 2 is 1.36 bits per heavy atom. The molecule has 5 aromatic rings. The number of amides is 1. The van der Waals surface area contributed by atoms with Crippen molar-refractivity contribution in [3.8, 4) is 0 Å². The van der Waals surface area contributed by atoms with Gasteiger partial charge in [-0.25, -0.2) is 13.8 Å². The minimum absolute atomic E-state index is 0.171. The van der Waals surface area contributed by atoms with E-state index in [1.165, 1.54) is 0 Å². The molecular formula is C29H23N3O3S. The SMILES string of the molecule is Cc1ccc(S(=O)(=O)Nc2ccc(C(=O)NN=Cc3c4ccccc4cc4ccccc34)cc2)cc1. The monoisotopic (exact) mass is 493 g/mol. The highest BCUT2D eigenvalue weighted by atomic mass is 32.2. The van der Waals surface area contributed by atoms with Gasteiger partial charge in [0.1, 0.15) is 0 Å². The van der Waals surface area contributed by atoms with Gasteiger partial charge in [0, 0.05) is 16.8 Å². The number of nitrogens with one attached hydrogen (secondary N) is 2.